The van der Waals surface area contributed by atoms with E-state index in [2.05, 4.69) is 5.32 Å². The van der Waals surface area contributed by atoms with Crippen LogP contribution in [0.1, 0.15) is 18.1 Å². The number of nitrogens with one attached hydrogen (secondary N) is 1. The molecule has 0 saturated carbocycles. The fourth-order valence-corrected chi connectivity index (χ4v) is 4.29. The van der Waals surface area contributed by atoms with Gasteiger partial charge in [0.05, 0.1) is 0 Å². The molecule has 3 aliphatic rings. The van der Waals surface area contributed by atoms with E-state index < -0.39 is 17.5 Å². The summed E-state index contributed by atoms with van der Waals surface area (Å²) in [5.74, 6) is 0.596. The number of ether oxygens (including phenoxy) is 2. The molecule has 4 amide bonds. The molecule has 0 aromatic heterocycles. The molecule has 3 heterocycles. The Morgan fingerprint density at radius 2 is 1.93 bits per heavy atom. The van der Waals surface area contributed by atoms with Crippen LogP contribution in [0.25, 0.3) is 0 Å². The first-order chi connectivity index (χ1) is 14.4. The summed E-state index contributed by atoms with van der Waals surface area (Å²) in [6.45, 7) is 2.11. The predicted molar refractivity (Wildman–Crippen MR) is 107 cm³/mol. The summed E-state index contributed by atoms with van der Waals surface area (Å²) in [7, 11) is 0. The van der Waals surface area contributed by atoms with E-state index in [1.807, 2.05) is 36.4 Å². The van der Waals surface area contributed by atoms with E-state index in [1.54, 1.807) is 17.9 Å². The third-order valence-corrected chi connectivity index (χ3v) is 5.82. The van der Waals surface area contributed by atoms with Crippen molar-refractivity contribution in [2.75, 3.05) is 24.8 Å². The van der Waals surface area contributed by atoms with Crippen LogP contribution >= 0.6 is 0 Å². The highest BCUT2D eigenvalue weighted by molar-refractivity contribution is 6.10. The van der Waals surface area contributed by atoms with E-state index in [4.69, 9.17) is 9.47 Å². The van der Waals surface area contributed by atoms with Gasteiger partial charge in [-0.3, -0.25) is 14.5 Å². The average molecular weight is 407 g/mol. The van der Waals surface area contributed by atoms with E-state index in [-0.39, 0.29) is 25.7 Å². The number of rotatable bonds is 4. The molecule has 30 heavy (non-hydrogen) atoms. The van der Waals surface area contributed by atoms with Gasteiger partial charge in [-0.1, -0.05) is 24.3 Å². The number of para-hydroxylation sites is 1. The molecule has 0 bridgehead atoms. The van der Waals surface area contributed by atoms with Crippen LogP contribution < -0.4 is 19.7 Å². The Morgan fingerprint density at radius 1 is 1.13 bits per heavy atom. The highest BCUT2D eigenvalue weighted by atomic mass is 16.7. The molecule has 3 aliphatic heterocycles. The van der Waals surface area contributed by atoms with Crippen molar-refractivity contribution in [3.8, 4) is 11.5 Å². The van der Waals surface area contributed by atoms with Gasteiger partial charge in [0.25, 0.3) is 5.91 Å². The second-order valence-corrected chi connectivity index (χ2v) is 7.94. The van der Waals surface area contributed by atoms with Crippen LogP contribution in [0.3, 0.4) is 0 Å². The summed E-state index contributed by atoms with van der Waals surface area (Å²) < 4.78 is 10.7. The number of carbonyl (C=O) groups excluding carboxylic acids is 3. The standard InChI is InChI=1S/C22H21N3O5/c1-22(11-14-6-7-17-18(10-14)30-13-29-17)20(27)25(21(28)23-22)12-19(26)24-9-8-15-4-2-3-5-16(15)24/h2-7,10H,8-9,11-13H2,1H3,(H,23,28). The van der Waals surface area contributed by atoms with Crippen molar-refractivity contribution >= 4 is 23.5 Å². The quantitative estimate of drug-likeness (QED) is 0.782. The van der Waals surface area contributed by atoms with Crippen LogP contribution in [0.4, 0.5) is 10.5 Å². The van der Waals surface area contributed by atoms with E-state index in [1.165, 1.54) is 0 Å². The van der Waals surface area contributed by atoms with E-state index in [0.29, 0.717) is 18.0 Å². The van der Waals surface area contributed by atoms with Gasteiger partial charge in [0, 0.05) is 18.7 Å². The topological polar surface area (TPSA) is 88.2 Å². The predicted octanol–water partition coefficient (Wildman–Crippen LogP) is 1.86. The molecule has 1 unspecified atom stereocenters. The molecule has 1 N–H and O–H groups in total. The summed E-state index contributed by atoms with van der Waals surface area (Å²) in [6, 6.07) is 12.6. The number of hydrogen-bond donors (Lipinski definition) is 1. The Hall–Kier alpha value is -3.55. The third kappa shape index (κ3) is 2.96. The first-order valence-electron chi connectivity index (χ1n) is 9.85. The minimum absolute atomic E-state index is 0.168. The maximum Gasteiger partial charge on any atom is 0.325 e. The molecule has 8 heteroatoms. The monoisotopic (exact) mass is 407 g/mol. The van der Waals surface area contributed by atoms with Gasteiger partial charge in [0.15, 0.2) is 11.5 Å². The lowest BCUT2D eigenvalue weighted by molar-refractivity contribution is -0.133. The van der Waals surface area contributed by atoms with E-state index in [0.717, 1.165) is 28.1 Å². The summed E-state index contributed by atoms with van der Waals surface area (Å²) in [4.78, 5) is 41.2. The van der Waals surface area contributed by atoms with Crippen molar-refractivity contribution in [1.82, 2.24) is 10.2 Å². The second kappa shape index (κ2) is 6.76. The Bertz CT molecular complexity index is 1070. The number of nitrogens with zero attached hydrogens (tertiary/aromatic N) is 2. The molecule has 0 spiro atoms. The largest absolute Gasteiger partial charge is 0.454 e. The minimum atomic E-state index is -1.13. The van der Waals surface area contributed by atoms with Crippen LogP contribution in [0.5, 0.6) is 11.5 Å². The molecular formula is C22H21N3O5. The number of fused-ring (bicyclic) bond motifs is 2. The van der Waals surface area contributed by atoms with Crippen molar-refractivity contribution in [3.05, 3.63) is 53.6 Å². The maximum atomic E-state index is 13.1. The Labute approximate surface area is 173 Å². The van der Waals surface area contributed by atoms with Crippen molar-refractivity contribution in [2.24, 2.45) is 0 Å². The van der Waals surface area contributed by atoms with Crippen molar-refractivity contribution in [3.63, 3.8) is 0 Å². The first kappa shape index (κ1) is 18.5. The molecular weight excluding hydrogens is 386 g/mol. The minimum Gasteiger partial charge on any atom is -0.454 e. The van der Waals surface area contributed by atoms with Crippen LogP contribution in [0.15, 0.2) is 42.5 Å². The zero-order chi connectivity index (χ0) is 20.9. The molecule has 1 fully saturated rings. The Morgan fingerprint density at radius 3 is 2.80 bits per heavy atom. The van der Waals surface area contributed by atoms with Gasteiger partial charge in [-0.2, -0.15) is 0 Å². The highest BCUT2D eigenvalue weighted by Crippen LogP contribution is 2.34. The Kier molecular flexibility index (Phi) is 4.16. The third-order valence-electron chi connectivity index (χ3n) is 5.82. The maximum absolute atomic E-state index is 13.1. The summed E-state index contributed by atoms with van der Waals surface area (Å²) in [5.41, 5.74) is 1.64. The van der Waals surface area contributed by atoms with Crippen LogP contribution in [-0.2, 0) is 22.4 Å². The number of benzene rings is 2. The first-order valence-corrected chi connectivity index (χ1v) is 9.85. The molecule has 154 valence electrons. The molecule has 0 radical (unpaired) electrons. The van der Waals surface area contributed by atoms with Gasteiger partial charge in [0.2, 0.25) is 12.7 Å². The van der Waals surface area contributed by atoms with Crippen molar-refractivity contribution in [1.29, 1.82) is 0 Å². The lowest BCUT2D eigenvalue weighted by atomic mass is 9.92. The fraction of sp³-hybridized carbons (Fsp3) is 0.318. The van der Waals surface area contributed by atoms with Crippen LogP contribution in [0.2, 0.25) is 0 Å². The molecule has 5 rings (SSSR count). The van der Waals surface area contributed by atoms with Crippen LogP contribution in [0, 0.1) is 0 Å². The SMILES string of the molecule is CC1(Cc2ccc3c(c2)OCO3)NC(=O)N(CC(=O)N2CCc3ccccc32)C1=O. The van der Waals surface area contributed by atoms with Gasteiger partial charge >= 0.3 is 6.03 Å². The fourth-order valence-electron chi connectivity index (χ4n) is 4.29. The van der Waals surface area contributed by atoms with E-state index >= 15 is 0 Å². The summed E-state index contributed by atoms with van der Waals surface area (Å²) in [5, 5.41) is 2.76. The second-order valence-electron chi connectivity index (χ2n) is 7.94. The zero-order valence-corrected chi connectivity index (χ0v) is 16.5. The molecule has 8 nitrogen and oxygen atoms in total. The normalized spacial score (nSPS) is 21.8. The van der Waals surface area contributed by atoms with Gasteiger partial charge in [0.1, 0.15) is 12.1 Å². The molecule has 2 aromatic carbocycles. The summed E-state index contributed by atoms with van der Waals surface area (Å²) >= 11 is 0. The number of anilines is 1. The molecule has 0 aliphatic carbocycles. The highest BCUT2D eigenvalue weighted by Gasteiger charge is 2.48. The Balaban J connectivity index is 1.31. The van der Waals surface area contributed by atoms with Crippen LogP contribution in [-0.4, -0.2) is 48.2 Å². The lowest BCUT2D eigenvalue weighted by Gasteiger charge is -2.23. The summed E-state index contributed by atoms with van der Waals surface area (Å²) in [6.07, 6.45) is 1.05. The number of urea groups is 1. The van der Waals surface area contributed by atoms with Gasteiger partial charge in [-0.05, 0) is 42.7 Å². The number of amides is 4. The number of imide groups is 1. The number of carbonyl (C=O) groups is 3. The van der Waals surface area contributed by atoms with Gasteiger partial charge in [-0.15, -0.1) is 0 Å². The van der Waals surface area contributed by atoms with Crippen molar-refractivity contribution in [2.45, 2.75) is 25.3 Å². The average Bonchev–Trinajstić information content (AvgIpc) is 3.41. The van der Waals surface area contributed by atoms with Gasteiger partial charge in [-0.25, -0.2) is 4.79 Å². The van der Waals surface area contributed by atoms with Gasteiger partial charge < -0.3 is 19.7 Å². The van der Waals surface area contributed by atoms with Crippen molar-refractivity contribution < 1.29 is 23.9 Å². The molecule has 1 atom stereocenters. The zero-order valence-electron chi connectivity index (χ0n) is 16.5. The van der Waals surface area contributed by atoms with E-state index in [9.17, 15) is 14.4 Å². The molecule has 1 saturated heterocycles. The molecule has 2 aromatic rings. The lowest BCUT2D eigenvalue weighted by Crippen LogP contribution is -2.47. The number of hydrogen-bond acceptors (Lipinski definition) is 5. The smallest absolute Gasteiger partial charge is 0.325 e.